The van der Waals surface area contributed by atoms with Gasteiger partial charge in [0.15, 0.2) is 0 Å². The van der Waals surface area contributed by atoms with Gasteiger partial charge in [0, 0.05) is 0 Å². The molecule has 0 amide bonds. The highest BCUT2D eigenvalue weighted by molar-refractivity contribution is 7.99. The summed E-state index contributed by atoms with van der Waals surface area (Å²) in [5.41, 5.74) is 0. The summed E-state index contributed by atoms with van der Waals surface area (Å²) in [6.07, 6.45) is 17.1. The van der Waals surface area contributed by atoms with Gasteiger partial charge in [-0.3, -0.25) is 0 Å². The van der Waals surface area contributed by atoms with Gasteiger partial charge >= 0.3 is 0 Å². The van der Waals surface area contributed by atoms with E-state index in [1.807, 2.05) is 0 Å². The molecule has 0 saturated carbocycles. The van der Waals surface area contributed by atoms with Gasteiger partial charge < -0.3 is 4.48 Å². The molecule has 1 nitrogen and oxygen atoms in total. The first-order valence-electron chi connectivity index (χ1n) is 9.52. The van der Waals surface area contributed by atoms with Crippen molar-refractivity contribution in [2.45, 2.75) is 90.9 Å². The zero-order valence-corrected chi connectivity index (χ0v) is 16.3. The molecule has 0 spiro atoms. The highest BCUT2D eigenvalue weighted by Gasteiger charge is 2.13. The van der Waals surface area contributed by atoms with Crippen molar-refractivity contribution in [3.63, 3.8) is 0 Å². The molecule has 0 aromatic heterocycles. The molecule has 2 heteroatoms. The number of hydrogen-bond donors (Lipinski definition) is 0. The molecule has 0 aromatic carbocycles. The molecular formula is C19H42NS+. The summed E-state index contributed by atoms with van der Waals surface area (Å²) in [6.45, 7) is 5.94. The summed E-state index contributed by atoms with van der Waals surface area (Å²) in [5.74, 6) is 2.66. The summed E-state index contributed by atoms with van der Waals surface area (Å²) < 4.78 is 1.20. The first-order valence-corrected chi connectivity index (χ1v) is 10.7. The fourth-order valence-electron chi connectivity index (χ4n) is 2.68. The minimum atomic E-state index is 1.20. The molecule has 0 rings (SSSR count). The maximum Gasteiger partial charge on any atom is 0.125 e. The van der Waals surface area contributed by atoms with Gasteiger partial charge in [0.1, 0.15) is 5.88 Å². The van der Waals surface area contributed by atoms with Crippen molar-refractivity contribution >= 4 is 11.8 Å². The number of quaternary nitrogens is 1. The van der Waals surface area contributed by atoms with Crippen molar-refractivity contribution in [1.82, 2.24) is 0 Å². The van der Waals surface area contributed by atoms with Crippen LogP contribution in [0.2, 0.25) is 0 Å². The molecule has 0 aliphatic heterocycles. The SMILES string of the molecule is CCCCCCCCSC[N+](C)(C)CCCCCCCC. The van der Waals surface area contributed by atoms with Crippen LogP contribution in [0, 0.1) is 0 Å². The third-order valence-electron chi connectivity index (χ3n) is 4.20. The van der Waals surface area contributed by atoms with Crippen LogP contribution in [0.5, 0.6) is 0 Å². The van der Waals surface area contributed by atoms with Gasteiger partial charge in [-0.25, -0.2) is 0 Å². The van der Waals surface area contributed by atoms with Crippen molar-refractivity contribution in [2.75, 3.05) is 32.3 Å². The van der Waals surface area contributed by atoms with Crippen LogP contribution in [0.4, 0.5) is 0 Å². The monoisotopic (exact) mass is 316 g/mol. The van der Waals surface area contributed by atoms with Crippen LogP contribution in [0.3, 0.4) is 0 Å². The van der Waals surface area contributed by atoms with Crippen LogP contribution >= 0.6 is 11.8 Å². The van der Waals surface area contributed by atoms with Crippen LogP contribution in [-0.4, -0.2) is 36.8 Å². The molecule has 0 unspecified atom stereocenters. The quantitative estimate of drug-likeness (QED) is 0.178. The van der Waals surface area contributed by atoms with E-state index in [9.17, 15) is 0 Å². The molecule has 0 heterocycles. The number of unbranched alkanes of at least 4 members (excludes halogenated alkanes) is 10. The molecule has 0 radical (unpaired) electrons. The van der Waals surface area contributed by atoms with Crippen LogP contribution < -0.4 is 0 Å². The standard InChI is InChI=1S/C19H42NS/c1-5-7-9-11-13-15-17-20(3,4)19-21-18-16-14-12-10-8-6-2/h5-19H2,1-4H3/q+1. The van der Waals surface area contributed by atoms with Crippen LogP contribution in [0.25, 0.3) is 0 Å². The maximum atomic E-state index is 2.40. The molecule has 0 atom stereocenters. The van der Waals surface area contributed by atoms with Gasteiger partial charge in [0.25, 0.3) is 0 Å². The van der Waals surface area contributed by atoms with E-state index < -0.39 is 0 Å². The molecule has 0 bridgehead atoms. The third kappa shape index (κ3) is 16.5. The van der Waals surface area contributed by atoms with Crippen LogP contribution in [-0.2, 0) is 0 Å². The average molecular weight is 317 g/mol. The van der Waals surface area contributed by atoms with E-state index in [2.05, 4.69) is 39.7 Å². The molecule has 21 heavy (non-hydrogen) atoms. The van der Waals surface area contributed by atoms with Crippen LogP contribution in [0.15, 0.2) is 0 Å². The van der Waals surface area contributed by atoms with Crippen molar-refractivity contribution in [1.29, 1.82) is 0 Å². The number of rotatable bonds is 16. The lowest BCUT2D eigenvalue weighted by Gasteiger charge is -2.29. The van der Waals surface area contributed by atoms with E-state index >= 15 is 0 Å². The lowest BCUT2D eigenvalue weighted by atomic mass is 10.1. The Morgan fingerprint density at radius 1 is 0.619 bits per heavy atom. The van der Waals surface area contributed by atoms with E-state index in [1.54, 1.807) is 0 Å². The highest BCUT2D eigenvalue weighted by atomic mass is 32.2. The van der Waals surface area contributed by atoms with Gasteiger partial charge in [-0.15, -0.1) is 11.8 Å². The molecule has 128 valence electrons. The molecule has 0 aromatic rings. The number of hydrogen-bond acceptors (Lipinski definition) is 1. The number of nitrogens with zero attached hydrogens (tertiary/aromatic N) is 1. The molecule has 0 aliphatic rings. The topological polar surface area (TPSA) is 0 Å². The van der Waals surface area contributed by atoms with Gasteiger partial charge in [-0.1, -0.05) is 71.6 Å². The molecule has 0 aliphatic carbocycles. The van der Waals surface area contributed by atoms with E-state index in [1.165, 1.54) is 99.7 Å². The molecule has 0 N–H and O–H groups in total. The van der Waals surface area contributed by atoms with Gasteiger partial charge in [0.2, 0.25) is 0 Å². The van der Waals surface area contributed by atoms with Crippen LogP contribution in [0.1, 0.15) is 90.9 Å². The van der Waals surface area contributed by atoms with Gasteiger partial charge in [-0.2, -0.15) is 0 Å². The van der Waals surface area contributed by atoms with Crippen molar-refractivity contribution in [2.24, 2.45) is 0 Å². The second-order valence-corrected chi connectivity index (χ2v) is 8.31. The Kier molecular flexibility index (Phi) is 15.4. The van der Waals surface area contributed by atoms with Crippen molar-refractivity contribution in [3.8, 4) is 0 Å². The second-order valence-electron chi connectivity index (χ2n) is 7.23. The Labute approximate surface area is 139 Å². The maximum absolute atomic E-state index is 2.40. The fourth-order valence-corrected chi connectivity index (χ4v) is 3.84. The Balaban J connectivity index is 3.34. The zero-order chi connectivity index (χ0) is 15.8. The summed E-state index contributed by atoms with van der Waals surface area (Å²) in [4.78, 5) is 0. The Morgan fingerprint density at radius 2 is 1.10 bits per heavy atom. The van der Waals surface area contributed by atoms with E-state index in [4.69, 9.17) is 0 Å². The third-order valence-corrected chi connectivity index (χ3v) is 5.66. The Morgan fingerprint density at radius 3 is 1.67 bits per heavy atom. The zero-order valence-electron chi connectivity index (χ0n) is 15.5. The summed E-state index contributed by atoms with van der Waals surface area (Å²) in [6, 6.07) is 0. The Hall–Kier alpha value is 0.310. The summed E-state index contributed by atoms with van der Waals surface area (Å²) >= 11 is 2.17. The smallest absolute Gasteiger partial charge is 0.125 e. The molecule has 0 fully saturated rings. The van der Waals surface area contributed by atoms with E-state index in [-0.39, 0.29) is 0 Å². The largest absolute Gasteiger partial charge is 0.320 e. The minimum absolute atomic E-state index is 1.20. The number of thioether (sulfide) groups is 1. The lowest BCUT2D eigenvalue weighted by Crippen LogP contribution is -2.40. The molecule has 0 saturated heterocycles. The van der Waals surface area contributed by atoms with E-state index in [0.29, 0.717) is 0 Å². The minimum Gasteiger partial charge on any atom is -0.320 e. The van der Waals surface area contributed by atoms with Gasteiger partial charge in [-0.05, 0) is 25.0 Å². The first-order chi connectivity index (χ1) is 10.1. The predicted octanol–water partition coefficient (Wildman–Crippen LogP) is 6.47. The highest BCUT2D eigenvalue weighted by Crippen LogP contribution is 2.15. The second kappa shape index (κ2) is 15.2. The predicted molar refractivity (Wildman–Crippen MR) is 101 cm³/mol. The van der Waals surface area contributed by atoms with E-state index in [0.717, 1.165) is 0 Å². The van der Waals surface area contributed by atoms with Crippen molar-refractivity contribution < 1.29 is 4.48 Å². The fraction of sp³-hybridized carbons (Fsp3) is 1.00. The summed E-state index contributed by atoms with van der Waals surface area (Å²) in [7, 11) is 4.81. The van der Waals surface area contributed by atoms with Gasteiger partial charge in [0.05, 0.1) is 20.6 Å². The average Bonchev–Trinajstić information content (AvgIpc) is 2.45. The van der Waals surface area contributed by atoms with Crippen molar-refractivity contribution in [3.05, 3.63) is 0 Å². The normalized spacial score (nSPS) is 12.0. The lowest BCUT2D eigenvalue weighted by molar-refractivity contribution is -0.877. The first kappa shape index (κ1) is 21.3. The molecular weight excluding hydrogens is 274 g/mol. The Bertz CT molecular complexity index is 204. The summed E-state index contributed by atoms with van der Waals surface area (Å²) in [5, 5.41) is 0.